The second-order valence-electron chi connectivity index (χ2n) is 5.16. The Morgan fingerprint density at radius 2 is 1.95 bits per heavy atom. The van der Waals surface area contributed by atoms with Crippen LogP contribution in [0.25, 0.3) is 0 Å². The number of carbonyl (C=O) groups excluding carboxylic acids is 1. The van der Waals surface area contributed by atoms with Crippen LogP contribution in [0.3, 0.4) is 0 Å². The topological polar surface area (TPSA) is 52.3 Å². The molecule has 0 atom stereocenters. The average molecular weight is 299 g/mol. The number of halogens is 1. The van der Waals surface area contributed by atoms with Gasteiger partial charge >= 0.3 is 0 Å². The SMILES string of the molecule is C=C(C)C(=O)c1c(C)c(F)cc(N)c1OCc1ccccc1. The summed E-state index contributed by atoms with van der Waals surface area (Å²) in [4.78, 5) is 12.3. The van der Waals surface area contributed by atoms with Crippen molar-refractivity contribution >= 4 is 11.5 Å². The molecule has 0 saturated carbocycles. The zero-order valence-electron chi connectivity index (χ0n) is 12.7. The highest BCUT2D eigenvalue weighted by atomic mass is 19.1. The van der Waals surface area contributed by atoms with Crippen LogP contribution in [0.5, 0.6) is 5.75 Å². The van der Waals surface area contributed by atoms with E-state index in [-0.39, 0.29) is 35.0 Å². The molecule has 0 unspecified atom stereocenters. The summed E-state index contributed by atoms with van der Waals surface area (Å²) in [5.74, 6) is -0.698. The van der Waals surface area contributed by atoms with Crippen LogP contribution in [0, 0.1) is 12.7 Å². The number of anilines is 1. The minimum atomic E-state index is -0.533. The van der Waals surface area contributed by atoms with Gasteiger partial charge in [-0.2, -0.15) is 0 Å². The number of hydrogen-bond acceptors (Lipinski definition) is 3. The van der Waals surface area contributed by atoms with Crippen LogP contribution in [0.2, 0.25) is 0 Å². The first kappa shape index (κ1) is 15.8. The first-order valence-corrected chi connectivity index (χ1v) is 6.87. The van der Waals surface area contributed by atoms with Crippen molar-refractivity contribution in [3.05, 3.63) is 71.1 Å². The summed E-state index contributed by atoms with van der Waals surface area (Å²) >= 11 is 0. The summed E-state index contributed by atoms with van der Waals surface area (Å²) < 4.78 is 19.6. The number of ether oxygens (including phenoxy) is 1. The normalized spacial score (nSPS) is 10.3. The van der Waals surface area contributed by atoms with Gasteiger partial charge in [0.15, 0.2) is 11.5 Å². The van der Waals surface area contributed by atoms with E-state index in [0.717, 1.165) is 5.56 Å². The fraction of sp³-hybridized carbons (Fsp3) is 0.167. The summed E-state index contributed by atoms with van der Waals surface area (Å²) in [5.41, 5.74) is 7.53. The van der Waals surface area contributed by atoms with Crippen LogP contribution in [0.4, 0.5) is 10.1 Å². The summed E-state index contributed by atoms with van der Waals surface area (Å²) in [5, 5.41) is 0. The molecule has 22 heavy (non-hydrogen) atoms. The van der Waals surface area contributed by atoms with Crippen molar-refractivity contribution in [2.45, 2.75) is 20.5 Å². The van der Waals surface area contributed by atoms with Gasteiger partial charge in [-0.05, 0) is 30.5 Å². The number of nitrogens with two attached hydrogens (primary N) is 1. The molecular weight excluding hydrogens is 281 g/mol. The van der Waals surface area contributed by atoms with Gasteiger partial charge in [-0.25, -0.2) is 4.39 Å². The summed E-state index contributed by atoms with van der Waals surface area (Å²) in [7, 11) is 0. The van der Waals surface area contributed by atoms with Crippen molar-refractivity contribution in [2.24, 2.45) is 0 Å². The third kappa shape index (κ3) is 3.17. The Labute approximate surface area is 129 Å². The van der Waals surface area contributed by atoms with Gasteiger partial charge < -0.3 is 10.5 Å². The van der Waals surface area contributed by atoms with Gasteiger partial charge in [0.25, 0.3) is 0 Å². The molecule has 0 aliphatic carbocycles. The van der Waals surface area contributed by atoms with Crippen molar-refractivity contribution in [1.82, 2.24) is 0 Å². The molecule has 0 aromatic heterocycles. The molecule has 0 amide bonds. The predicted molar refractivity (Wildman–Crippen MR) is 85.5 cm³/mol. The molecule has 4 heteroatoms. The molecule has 2 aromatic carbocycles. The maximum Gasteiger partial charge on any atom is 0.192 e. The molecule has 0 heterocycles. The highest BCUT2D eigenvalue weighted by Crippen LogP contribution is 2.33. The molecule has 0 aliphatic rings. The van der Waals surface area contributed by atoms with Gasteiger partial charge in [0.2, 0.25) is 0 Å². The van der Waals surface area contributed by atoms with E-state index in [1.165, 1.54) is 13.0 Å². The van der Waals surface area contributed by atoms with E-state index >= 15 is 0 Å². The molecule has 3 nitrogen and oxygen atoms in total. The van der Waals surface area contributed by atoms with Crippen LogP contribution < -0.4 is 10.5 Å². The lowest BCUT2D eigenvalue weighted by molar-refractivity contribution is 0.102. The second-order valence-corrected chi connectivity index (χ2v) is 5.16. The number of carbonyl (C=O) groups is 1. The second kappa shape index (κ2) is 6.43. The molecule has 0 fully saturated rings. The fourth-order valence-electron chi connectivity index (χ4n) is 2.12. The predicted octanol–water partition coefficient (Wildman–Crippen LogP) is 4.05. The lowest BCUT2D eigenvalue weighted by Crippen LogP contribution is -2.11. The number of benzene rings is 2. The minimum Gasteiger partial charge on any atom is -0.486 e. The molecule has 0 bridgehead atoms. The van der Waals surface area contributed by atoms with Gasteiger partial charge in [0.1, 0.15) is 12.4 Å². The number of hydrogen-bond donors (Lipinski definition) is 1. The number of Topliss-reactive ketones (excluding diaryl/α,β-unsaturated/α-hetero) is 1. The van der Waals surface area contributed by atoms with E-state index in [4.69, 9.17) is 10.5 Å². The zero-order chi connectivity index (χ0) is 16.3. The van der Waals surface area contributed by atoms with Crippen LogP contribution in [-0.4, -0.2) is 5.78 Å². The van der Waals surface area contributed by atoms with Crippen molar-refractivity contribution in [1.29, 1.82) is 0 Å². The monoisotopic (exact) mass is 299 g/mol. The molecule has 0 spiro atoms. The van der Waals surface area contributed by atoms with Crippen LogP contribution in [0.15, 0.2) is 48.6 Å². The van der Waals surface area contributed by atoms with Gasteiger partial charge in [-0.3, -0.25) is 4.79 Å². The maximum atomic E-state index is 13.9. The highest BCUT2D eigenvalue weighted by Gasteiger charge is 2.22. The Morgan fingerprint density at radius 1 is 1.32 bits per heavy atom. The molecule has 0 saturated heterocycles. The molecule has 2 rings (SSSR count). The maximum absolute atomic E-state index is 13.9. The van der Waals surface area contributed by atoms with E-state index < -0.39 is 5.82 Å². The lowest BCUT2D eigenvalue weighted by Gasteiger charge is -2.16. The average Bonchev–Trinajstić information content (AvgIpc) is 2.49. The molecule has 2 N–H and O–H groups in total. The number of rotatable bonds is 5. The van der Waals surface area contributed by atoms with Gasteiger partial charge in [0, 0.05) is 6.07 Å². The minimum absolute atomic E-state index is 0.101. The third-order valence-corrected chi connectivity index (χ3v) is 3.35. The van der Waals surface area contributed by atoms with Crippen molar-refractivity contribution < 1.29 is 13.9 Å². The number of allylic oxidation sites excluding steroid dienone is 1. The first-order valence-electron chi connectivity index (χ1n) is 6.87. The zero-order valence-corrected chi connectivity index (χ0v) is 12.7. The van der Waals surface area contributed by atoms with Crippen molar-refractivity contribution in [3.8, 4) is 5.75 Å². The van der Waals surface area contributed by atoms with E-state index in [9.17, 15) is 9.18 Å². The Bertz CT molecular complexity index is 724. The largest absolute Gasteiger partial charge is 0.486 e. The van der Waals surface area contributed by atoms with Crippen LogP contribution in [0.1, 0.15) is 28.4 Å². The van der Waals surface area contributed by atoms with Gasteiger partial charge in [-0.15, -0.1) is 0 Å². The van der Waals surface area contributed by atoms with E-state index in [1.54, 1.807) is 6.92 Å². The van der Waals surface area contributed by atoms with Crippen molar-refractivity contribution in [2.75, 3.05) is 5.73 Å². The van der Waals surface area contributed by atoms with Crippen molar-refractivity contribution in [3.63, 3.8) is 0 Å². The Hall–Kier alpha value is -2.62. The summed E-state index contributed by atoms with van der Waals surface area (Å²) in [6, 6.07) is 10.6. The smallest absolute Gasteiger partial charge is 0.192 e. The van der Waals surface area contributed by atoms with Gasteiger partial charge in [0.05, 0.1) is 11.3 Å². The Kier molecular flexibility index (Phi) is 4.61. The molecular formula is C18H18FNO2. The van der Waals surface area contributed by atoms with E-state index in [2.05, 4.69) is 6.58 Å². The number of nitrogen functional groups attached to an aromatic ring is 1. The van der Waals surface area contributed by atoms with E-state index in [0.29, 0.717) is 5.57 Å². The molecule has 114 valence electrons. The van der Waals surface area contributed by atoms with Crippen LogP contribution in [-0.2, 0) is 6.61 Å². The molecule has 0 aliphatic heterocycles. The quantitative estimate of drug-likeness (QED) is 0.515. The summed E-state index contributed by atoms with van der Waals surface area (Å²) in [6.45, 7) is 6.97. The summed E-state index contributed by atoms with van der Waals surface area (Å²) in [6.07, 6.45) is 0. The number of ketones is 1. The van der Waals surface area contributed by atoms with E-state index in [1.807, 2.05) is 30.3 Å². The lowest BCUT2D eigenvalue weighted by atomic mass is 9.98. The molecule has 0 radical (unpaired) electrons. The standard InChI is InChI=1S/C18H18FNO2/c1-11(2)17(21)16-12(3)14(19)9-15(20)18(16)22-10-13-7-5-4-6-8-13/h4-9H,1,10,20H2,2-3H3. The van der Waals surface area contributed by atoms with Gasteiger partial charge in [-0.1, -0.05) is 36.9 Å². The first-order chi connectivity index (χ1) is 10.4. The Balaban J connectivity index is 2.43. The molecule has 2 aromatic rings. The third-order valence-electron chi connectivity index (χ3n) is 3.35. The highest BCUT2D eigenvalue weighted by molar-refractivity contribution is 6.11. The van der Waals surface area contributed by atoms with Crippen LogP contribution >= 0.6 is 0 Å². The fourth-order valence-corrected chi connectivity index (χ4v) is 2.12. The Morgan fingerprint density at radius 3 is 2.55 bits per heavy atom.